The van der Waals surface area contributed by atoms with Gasteiger partial charge in [0.2, 0.25) is 0 Å². The number of halogens is 3. The number of pyridine rings is 3. The predicted octanol–water partition coefficient (Wildman–Crippen LogP) is 4.69. The molecule has 0 aromatic carbocycles. The second-order valence-corrected chi connectivity index (χ2v) is 9.68. The molecule has 0 spiro atoms. The van der Waals surface area contributed by atoms with Crippen LogP contribution in [0, 0.1) is 12.7 Å². The van der Waals surface area contributed by atoms with Crippen LogP contribution in [0.4, 0.5) is 4.39 Å². The summed E-state index contributed by atoms with van der Waals surface area (Å²) in [6.45, 7) is 4.94. The lowest BCUT2D eigenvalue weighted by molar-refractivity contribution is 0.588. The van der Waals surface area contributed by atoms with Gasteiger partial charge in [0, 0.05) is 17.8 Å². The molecule has 0 amide bonds. The van der Waals surface area contributed by atoms with Crippen LogP contribution >= 0.6 is 30.3 Å². The Morgan fingerprint density at radius 1 is 1.12 bits per heavy atom. The second-order valence-electron chi connectivity index (χ2n) is 5.77. The van der Waals surface area contributed by atoms with Crippen LogP contribution < -0.4 is 5.44 Å². The fourth-order valence-corrected chi connectivity index (χ4v) is 3.44. The number of aromatic nitrogens is 3. The highest BCUT2D eigenvalue weighted by molar-refractivity contribution is 7.69. The van der Waals surface area contributed by atoms with E-state index in [-0.39, 0.29) is 10.7 Å². The SMILES string of the molecule is Cc1nc2cc(F)c(-c3ccc(P(C)(C)=O)nc3)nc2c(Cl)c1Cl. The minimum absolute atomic E-state index is 0.0900. The zero-order valence-corrected chi connectivity index (χ0v) is 15.5. The smallest absolute Gasteiger partial charge is 0.151 e. The predicted molar refractivity (Wildman–Crippen MR) is 96.6 cm³/mol. The topological polar surface area (TPSA) is 55.7 Å². The Bertz CT molecular complexity index is 1000. The summed E-state index contributed by atoms with van der Waals surface area (Å²) in [6.07, 6.45) is 1.45. The van der Waals surface area contributed by atoms with E-state index in [4.69, 9.17) is 23.2 Å². The maximum Gasteiger partial charge on any atom is 0.151 e. The molecule has 3 heterocycles. The average molecular weight is 384 g/mol. The third kappa shape index (κ3) is 3.04. The Labute approximate surface area is 148 Å². The highest BCUT2D eigenvalue weighted by Crippen LogP contribution is 2.35. The van der Waals surface area contributed by atoms with Gasteiger partial charge in [0.15, 0.2) is 5.82 Å². The maximum absolute atomic E-state index is 14.4. The van der Waals surface area contributed by atoms with Crippen molar-refractivity contribution in [1.82, 2.24) is 15.0 Å². The number of aryl methyl sites for hydroxylation is 1. The number of hydrogen-bond donors (Lipinski definition) is 0. The first-order valence-corrected chi connectivity index (χ1v) is 10.4. The van der Waals surface area contributed by atoms with Gasteiger partial charge in [-0.15, -0.1) is 0 Å². The molecule has 0 unspecified atom stereocenters. The van der Waals surface area contributed by atoms with Gasteiger partial charge in [0.1, 0.15) is 18.4 Å². The fourth-order valence-electron chi connectivity index (χ4n) is 2.27. The summed E-state index contributed by atoms with van der Waals surface area (Å²) in [7, 11) is -2.47. The second kappa shape index (κ2) is 6.07. The van der Waals surface area contributed by atoms with Crippen LogP contribution in [0.2, 0.25) is 10.0 Å². The molecule has 0 radical (unpaired) electrons. The van der Waals surface area contributed by atoms with Gasteiger partial charge in [-0.05, 0) is 32.4 Å². The molecule has 0 atom stereocenters. The molecular formula is C16H13Cl2FN3OP. The fraction of sp³-hybridized carbons (Fsp3) is 0.188. The van der Waals surface area contributed by atoms with Crippen molar-refractivity contribution in [3.63, 3.8) is 0 Å². The monoisotopic (exact) mass is 383 g/mol. The number of nitrogens with zero attached hydrogens (tertiary/aromatic N) is 3. The largest absolute Gasteiger partial charge is 0.318 e. The molecule has 8 heteroatoms. The lowest BCUT2D eigenvalue weighted by atomic mass is 10.1. The van der Waals surface area contributed by atoms with E-state index in [1.54, 1.807) is 32.4 Å². The quantitative estimate of drug-likeness (QED) is 0.602. The third-order valence-electron chi connectivity index (χ3n) is 3.54. The van der Waals surface area contributed by atoms with Gasteiger partial charge in [-0.2, -0.15) is 0 Å². The Balaban J connectivity index is 2.19. The molecule has 3 aromatic rings. The molecule has 0 aliphatic heterocycles. The van der Waals surface area contributed by atoms with E-state index in [0.717, 1.165) is 0 Å². The number of rotatable bonds is 2. The first-order valence-electron chi connectivity index (χ1n) is 7.02. The molecule has 4 nitrogen and oxygen atoms in total. The minimum Gasteiger partial charge on any atom is -0.318 e. The van der Waals surface area contributed by atoms with Gasteiger partial charge in [-0.3, -0.25) is 4.98 Å². The zero-order valence-electron chi connectivity index (χ0n) is 13.1. The van der Waals surface area contributed by atoms with Gasteiger partial charge in [0.05, 0.1) is 26.7 Å². The van der Waals surface area contributed by atoms with Crippen LogP contribution in [0.25, 0.3) is 22.3 Å². The molecule has 0 saturated heterocycles. The first-order chi connectivity index (χ1) is 11.2. The Kier molecular flexibility index (Phi) is 4.37. The summed E-state index contributed by atoms with van der Waals surface area (Å²) in [6, 6.07) is 4.52. The van der Waals surface area contributed by atoms with Crippen molar-refractivity contribution in [1.29, 1.82) is 0 Å². The van der Waals surface area contributed by atoms with E-state index >= 15 is 0 Å². The van der Waals surface area contributed by atoms with E-state index in [1.807, 2.05) is 0 Å². The van der Waals surface area contributed by atoms with E-state index in [0.29, 0.717) is 32.7 Å². The summed E-state index contributed by atoms with van der Waals surface area (Å²) >= 11 is 12.3. The Hall–Kier alpha value is -1.55. The molecule has 3 aromatic heterocycles. The van der Waals surface area contributed by atoms with Crippen molar-refractivity contribution in [2.75, 3.05) is 13.3 Å². The van der Waals surface area contributed by atoms with Crippen LogP contribution in [0.1, 0.15) is 5.69 Å². The van der Waals surface area contributed by atoms with Crippen molar-refractivity contribution >= 4 is 46.8 Å². The molecule has 0 aliphatic rings. The van der Waals surface area contributed by atoms with E-state index in [9.17, 15) is 8.96 Å². The number of fused-ring (bicyclic) bond motifs is 1. The summed E-state index contributed by atoms with van der Waals surface area (Å²) in [5.41, 5.74) is 2.19. The van der Waals surface area contributed by atoms with Crippen molar-refractivity contribution in [2.24, 2.45) is 0 Å². The van der Waals surface area contributed by atoms with Gasteiger partial charge < -0.3 is 4.57 Å². The van der Waals surface area contributed by atoms with Crippen LogP contribution in [0.15, 0.2) is 24.4 Å². The summed E-state index contributed by atoms with van der Waals surface area (Å²) < 4.78 is 26.5. The summed E-state index contributed by atoms with van der Waals surface area (Å²) in [5.74, 6) is -0.543. The highest BCUT2D eigenvalue weighted by Gasteiger charge is 2.17. The lowest BCUT2D eigenvalue weighted by Gasteiger charge is -2.10. The molecule has 124 valence electrons. The molecule has 0 aliphatic carbocycles. The Morgan fingerprint density at radius 2 is 1.83 bits per heavy atom. The van der Waals surface area contributed by atoms with Crippen molar-refractivity contribution < 1.29 is 8.96 Å². The molecule has 24 heavy (non-hydrogen) atoms. The molecule has 0 fully saturated rings. The average Bonchev–Trinajstić information content (AvgIpc) is 2.52. The molecular weight excluding hydrogens is 371 g/mol. The lowest BCUT2D eigenvalue weighted by Crippen LogP contribution is -2.07. The van der Waals surface area contributed by atoms with E-state index < -0.39 is 13.0 Å². The van der Waals surface area contributed by atoms with Crippen molar-refractivity contribution in [2.45, 2.75) is 6.92 Å². The normalized spacial score (nSPS) is 11.9. The summed E-state index contributed by atoms with van der Waals surface area (Å²) in [5, 5.41) is 0.525. The van der Waals surface area contributed by atoms with Gasteiger partial charge >= 0.3 is 0 Å². The standard InChI is InChI=1S/C16H13Cl2FN3OP/c1-8-13(17)14(18)16-11(21-8)6-10(19)15(22-16)9-4-5-12(20-7-9)24(2,3)23/h4-7H,1-3H3. The van der Waals surface area contributed by atoms with Gasteiger partial charge in [-0.1, -0.05) is 23.2 Å². The molecule has 3 rings (SSSR count). The zero-order chi connectivity index (χ0) is 17.6. The van der Waals surface area contributed by atoms with Gasteiger partial charge in [0.25, 0.3) is 0 Å². The first kappa shape index (κ1) is 17.3. The van der Waals surface area contributed by atoms with Crippen molar-refractivity contribution in [3.05, 3.63) is 46.0 Å². The van der Waals surface area contributed by atoms with Crippen LogP contribution in [-0.4, -0.2) is 28.3 Å². The molecule has 0 saturated carbocycles. The number of hydrogen-bond acceptors (Lipinski definition) is 4. The molecule has 0 bridgehead atoms. The highest BCUT2D eigenvalue weighted by atomic mass is 35.5. The van der Waals surface area contributed by atoms with Gasteiger partial charge in [-0.25, -0.2) is 14.4 Å². The van der Waals surface area contributed by atoms with Crippen LogP contribution in [-0.2, 0) is 4.57 Å². The van der Waals surface area contributed by atoms with E-state index in [2.05, 4.69) is 15.0 Å². The third-order valence-corrected chi connectivity index (χ3v) is 5.83. The molecule has 0 N–H and O–H groups in total. The minimum atomic E-state index is -2.47. The van der Waals surface area contributed by atoms with E-state index in [1.165, 1.54) is 12.3 Å². The maximum atomic E-state index is 14.4. The van der Waals surface area contributed by atoms with Crippen LogP contribution in [0.3, 0.4) is 0 Å². The van der Waals surface area contributed by atoms with Crippen molar-refractivity contribution in [3.8, 4) is 11.3 Å². The summed E-state index contributed by atoms with van der Waals surface area (Å²) in [4.78, 5) is 12.6. The van der Waals surface area contributed by atoms with Crippen LogP contribution in [0.5, 0.6) is 0 Å². The Morgan fingerprint density at radius 3 is 2.42 bits per heavy atom.